The molecule has 0 heterocycles. The van der Waals surface area contributed by atoms with Crippen LogP contribution in [0.3, 0.4) is 0 Å². The van der Waals surface area contributed by atoms with Crippen molar-refractivity contribution in [2.75, 3.05) is 18.0 Å². The minimum absolute atomic E-state index is 0.0840. The van der Waals surface area contributed by atoms with Crippen molar-refractivity contribution < 1.29 is 22.7 Å². The molecule has 0 aromatic heterocycles. The lowest BCUT2D eigenvalue weighted by Crippen LogP contribution is -2.53. The zero-order valence-corrected chi connectivity index (χ0v) is 25.8. The van der Waals surface area contributed by atoms with E-state index in [1.54, 1.807) is 49.6 Å². The standard InChI is InChI=1S/C32H41N3O5S/c1-8-29(32(37)33-22(2)3)34(20-26-10-9-11-27(19-26)40-7)31(36)21-35(30-18-24(5)12-15-25(30)6)41(38,39)28-16-13-23(4)14-17-28/h9-19,22,29H,8,20-21H2,1-7H3,(H,33,37)/t29-/m1/s1. The van der Waals surface area contributed by atoms with Crippen LogP contribution in [-0.2, 0) is 26.2 Å². The van der Waals surface area contributed by atoms with Crippen LogP contribution in [0, 0.1) is 20.8 Å². The summed E-state index contributed by atoms with van der Waals surface area (Å²) in [6, 6.07) is 18.4. The average Bonchev–Trinajstić information content (AvgIpc) is 2.92. The number of aryl methyl sites for hydroxylation is 3. The molecule has 0 fully saturated rings. The molecule has 9 heteroatoms. The topological polar surface area (TPSA) is 96.0 Å². The van der Waals surface area contributed by atoms with Gasteiger partial charge in [0.2, 0.25) is 11.8 Å². The van der Waals surface area contributed by atoms with E-state index in [1.807, 2.05) is 65.8 Å². The Morgan fingerprint density at radius 1 is 0.927 bits per heavy atom. The van der Waals surface area contributed by atoms with Crippen molar-refractivity contribution in [3.05, 3.63) is 89.0 Å². The van der Waals surface area contributed by atoms with E-state index >= 15 is 0 Å². The second kappa shape index (κ2) is 13.7. The van der Waals surface area contributed by atoms with Crippen LogP contribution in [0.1, 0.15) is 49.4 Å². The Labute approximate surface area is 244 Å². The lowest BCUT2D eigenvalue weighted by Gasteiger charge is -2.34. The van der Waals surface area contributed by atoms with E-state index in [1.165, 1.54) is 4.90 Å². The van der Waals surface area contributed by atoms with E-state index < -0.39 is 28.5 Å². The van der Waals surface area contributed by atoms with Gasteiger partial charge in [-0.3, -0.25) is 13.9 Å². The number of carbonyl (C=O) groups is 2. The lowest BCUT2D eigenvalue weighted by atomic mass is 10.1. The third-order valence-corrected chi connectivity index (χ3v) is 8.60. The summed E-state index contributed by atoms with van der Waals surface area (Å²) in [6.45, 7) is 10.7. The van der Waals surface area contributed by atoms with E-state index in [0.717, 1.165) is 21.0 Å². The van der Waals surface area contributed by atoms with Crippen LogP contribution < -0.4 is 14.4 Å². The summed E-state index contributed by atoms with van der Waals surface area (Å²) >= 11 is 0. The van der Waals surface area contributed by atoms with Gasteiger partial charge in [0.15, 0.2) is 0 Å². The number of carbonyl (C=O) groups excluding carboxylic acids is 2. The molecule has 3 rings (SSSR count). The molecular formula is C32H41N3O5S. The predicted octanol–water partition coefficient (Wildman–Crippen LogP) is 5.15. The second-order valence-corrected chi connectivity index (χ2v) is 12.4. The minimum atomic E-state index is -4.13. The van der Waals surface area contributed by atoms with Gasteiger partial charge in [-0.15, -0.1) is 0 Å². The van der Waals surface area contributed by atoms with Gasteiger partial charge in [0.05, 0.1) is 17.7 Å². The molecule has 2 amide bonds. The van der Waals surface area contributed by atoms with Crippen molar-refractivity contribution in [3.8, 4) is 5.75 Å². The number of benzene rings is 3. The summed E-state index contributed by atoms with van der Waals surface area (Å²) in [6.07, 6.45) is 0.350. The van der Waals surface area contributed by atoms with Crippen molar-refractivity contribution in [1.82, 2.24) is 10.2 Å². The molecule has 1 N–H and O–H groups in total. The number of nitrogens with one attached hydrogen (secondary N) is 1. The van der Waals surface area contributed by atoms with Gasteiger partial charge in [-0.1, -0.05) is 48.9 Å². The Bertz CT molecular complexity index is 1470. The summed E-state index contributed by atoms with van der Waals surface area (Å²) in [5.41, 5.74) is 3.67. The van der Waals surface area contributed by atoms with Crippen LogP contribution in [0.15, 0.2) is 71.6 Å². The number of methoxy groups -OCH3 is 1. The molecule has 41 heavy (non-hydrogen) atoms. The first-order valence-corrected chi connectivity index (χ1v) is 15.2. The fraction of sp³-hybridized carbons (Fsp3) is 0.375. The number of hydrogen-bond donors (Lipinski definition) is 1. The first-order chi connectivity index (χ1) is 19.4. The van der Waals surface area contributed by atoms with Crippen LogP contribution in [0.5, 0.6) is 5.75 Å². The number of amides is 2. The molecule has 0 spiro atoms. The molecule has 0 bridgehead atoms. The Morgan fingerprint density at radius 2 is 1.59 bits per heavy atom. The van der Waals surface area contributed by atoms with Gasteiger partial charge in [-0.25, -0.2) is 8.42 Å². The first kappa shape index (κ1) is 31.7. The van der Waals surface area contributed by atoms with Crippen molar-refractivity contribution in [1.29, 1.82) is 0 Å². The first-order valence-electron chi connectivity index (χ1n) is 13.8. The average molecular weight is 580 g/mol. The number of nitrogens with zero attached hydrogens (tertiary/aromatic N) is 2. The smallest absolute Gasteiger partial charge is 0.264 e. The fourth-order valence-corrected chi connectivity index (χ4v) is 6.08. The fourth-order valence-electron chi connectivity index (χ4n) is 4.61. The Hall–Kier alpha value is -3.85. The third kappa shape index (κ3) is 7.88. The van der Waals surface area contributed by atoms with Gasteiger partial charge >= 0.3 is 0 Å². The maximum Gasteiger partial charge on any atom is 0.264 e. The van der Waals surface area contributed by atoms with E-state index in [9.17, 15) is 18.0 Å². The third-order valence-electron chi connectivity index (χ3n) is 6.83. The van der Waals surface area contributed by atoms with Crippen molar-refractivity contribution in [2.24, 2.45) is 0 Å². The molecule has 0 saturated heterocycles. The highest BCUT2D eigenvalue weighted by atomic mass is 32.2. The molecule has 8 nitrogen and oxygen atoms in total. The zero-order chi connectivity index (χ0) is 30.3. The molecule has 0 radical (unpaired) electrons. The predicted molar refractivity (Wildman–Crippen MR) is 163 cm³/mol. The van der Waals surface area contributed by atoms with Crippen LogP contribution >= 0.6 is 0 Å². The Kier molecular flexibility index (Phi) is 10.6. The van der Waals surface area contributed by atoms with Gasteiger partial charge in [0, 0.05) is 12.6 Å². The summed E-state index contributed by atoms with van der Waals surface area (Å²) in [4.78, 5) is 29.1. The van der Waals surface area contributed by atoms with E-state index in [0.29, 0.717) is 23.4 Å². The molecule has 0 aliphatic carbocycles. The Morgan fingerprint density at radius 3 is 2.20 bits per heavy atom. The maximum atomic E-state index is 14.2. The van der Waals surface area contributed by atoms with Gasteiger partial charge in [0.25, 0.3) is 10.0 Å². The monoisotopic (exact) mass is 579 g/mol. The van der Waals surface area contributed by atoms with Gasteiger partial charge < -0.3 is 15.0 Å². The molecule has 220 valence electrons. The van der Waals surface area contributed by atoms with Gasteiger partial charge in [0.1, 0.15) is 18.3 Å². The number of sulfonamides is 1. The Balaban J connectivity index is 2.11. The van der Waals surface area contributed by atoms with Crippen molar-refractivity contribution >= 4 is 27.5 Å². The highest BCUT2D eigenvalue weighted by Crippen LogP contribution is 2.29. The van der Waals surface area contributed by atoms with Crippen LogP contribution in [-0.4, -0.2) is 50.9 Å². The van der Waals surface area contributed by atoms with E-state index in [-0.39, 0.29) is 23.4 Å². The molecule has 0 saturated carbocycles. The van der Waals surface area contributed by atoms with E-state index in [2.05, 4.69) is 5.32 Å². The summed E-state index contributed by atoms with van der Waals surface area (Å²) < 4.78 is 34.7. The molecule has 0 aliphatic heterocycles. The lowest BCUT2D eigenvalue weighted by molar-refractivity contribution is -0.140. The molecular weight excluding hydrogens is 538 g/mol. The SMILES string of the molecule is CC[C@H](C(=O)NC(C)C)N(Cc1cccc(OC)c1)C(=O)CN(c1cc(C)ccc1C)S(=O)(=O)c1ccc(C)cc1. The van der Waals surface area contributed by atoms with Crippen LogP contribution in [0.4, 0.5) is 5.69 Å². The zero-order valence-electron chi connectivity index (χ0n) is 25.0. The second-order valence-electron chi connectivity index (χ2n) is 10.6. The largest absolute Gasteiger partial charge is 0.497 e. The molecule has 3 aromatic carbocycles. The van der Waals surface area contributed by atoms with E-state index in [4.69, 9.17) is 4.74 Å². The van der Waals surface area contributed by atoms with Gasteiger partial charge in [-0.2, -0.15) is 0 Å². The molecule has 3 aromatic rings. The molecule has 1 atom stereocenters. The minimum Gasteiger partial charge on any atom is -0.497 e. The van der Waals surface area contributed by atoms with Gasteiger partial charge in [-0.05, 0) is 88.1 Å². The number of ether oxygens (including phenoxy) is 1. The highest BCUT2D eigenvalue weighted by Gasteiger charge is 2.34. The summed E-state index contributed by atoms with van der Waals surface area (Å²) in [5, 5.41) is 2.91. The maximum absolute atomic E-state index is 14.2. The summed E-state index contributed by atoms with van der Waals surface area (Å²) in [7, 11) is -2.57. The summed E-state index contributed by atoms with van der Waals surface area (Å²) in [5.74, 6) is -0.165. The normalized spacial score (nSPS) is 12.1. The van der Waals surface area contributed by atoms with Crippen LogP contribution in [0.25, 0.3) is 0 Å². The molecule has 0 unspecified atom stereocenters. The van der Waals surface area contributed by atoms with Crippen molar-refractivity contribution in [2.45, 2.75) is 71.5 Å². The number of anilines is 1. The van der Waals surface area contributed by atoms with Crippen LogP contribution in [0.2, 0.25) is 0 Å². The highest BCUT2D eigenvalue weighted by molar-refractivity contribution is 7.92. The number of hydrogen-bond acceptors (Lipinski definition) is 5. The molecule has 0 aliphatic rings. The number of rotatable bonds is 12. The quantitative estimate of drug-likeness (QED) is 0.320. The van der Waals surface area contributed by atoms with Crippen molar-refractivity contribution in [3.63, 3.8) is 0 Å².